The molecule has 0 amide bonds. The summed E-state index contributed by atoms with van der Waals surface area (Å²) in [5.74, 6) is 0. The van der Waals surface area contributed by atoms with E-state index in [1.807, 2.05) is 91.0 Å². The second-order valence-corrected chi connectivity index (χ2v) is 12.5. The Balaban J connectivity index is 1.41. The van der Waals surface area contributed by atoms with E-state index in [9.17, 15) is 6.85 Å². The lowest BCUT2D eigenvalue weighted by atomic mass is 9.82. The first-order valence-corrected chi connectivity index (χ1v) is 16.4. The molecular weight excluding hydrogens is 617 g/mol. The van der Waals surface area contributed by atoms with Crippen LogP contribution in [0.1, 0.15) is 20.6 Å². The Morgan fingerprint density at radius 3 is 1.65 bits per heavy atom. The third-order valence-corrected chi connectivity index (χ3v) is 9.76. The van der Waals surface area contributed by atoms with Crippen LogP contribution in [0.15, 0.2) is 186 Å². The second kappa shape index (κ2) is 10.9. The summed E-state index contributed by atoms with van der Waals surface area (Å²) < 4.78 is 143. The van der Waals surface area contributed by atoms with Crippen LogP contribution >= 0.6 is 0 Å². The molecule has 1 heteroatoms. The van der Waals surface area contributed by atoms with Crippen LogP contribution < -0.4 is 0 Å². The molecule has 1 nitrogen and oxygen atoms in total. The van der Waals surface area contributed by atoms with Crippen molar-refractivity contribution < 1.29 is 25.0 Å². The quantitative estimate of drug-likeness (QED) is 0.172. The molecule has 10 aromatic carbocycles. The van der Waals surface area contributed by atoms with Crippen LogP contribution in [0.4, 0.5) is 0 Å². The molecule has 0 spiro atoms. The van der Waals surface area contributed by atoms with Crippen molar-refractivity contribution in [2.75, 3.05) is 0 Å². The standard InChI is InChI=1S/C50H30O/c1-2-15-34-29-44(43(28-33(34)14-1)35-25-26-46-45(30-35)50-37-18-6-4-13-32(37)24-27-47(50)51-46)49-41-21-9-7-19-39(41)48(40-20-8-10-22-42(40)49)38-23-11-16-31-12-3-5-17-36(31)38/h1-30H/i3D,5D,7D,8D,9D,10D,11D,12D,16D,17D,19D,20D,21D,22D,23D. The maximum absolute atomic E-state index is 9.66. The minimum atomic E-state index is -0.763. The molecule has 0 aliphatic carbocycles. The van der Waals surface area contributed by atoms with E-state index >= 15 is 0 Å². The average Bonchev–Trinajstić information content (AvgIpc) is 3.71. The average molecular weight is 662 g/mol. The van der Waals surface area contributed by atoms with E-state index in [1.165, 1.54) is 0 Å². The minimum absolute atomic E-state index is 0.0204. The Morgan fingerprint density at radius 1 is 0.353 bits per heavy atom. The van der Waals surface area contributed by atoms with Gasteiger partial charge in [0, 0.05) is 10.8 Å². The number of fused-ring (bicyclic) bond motifs is 9. The molecule has 0 N–H and O–H groups in total. The topological polar surface area (TPSA) is 13.1 Å². The minimum Gasteiger partial charge on any atom is -0.456 e. The lowest BCUT2D eigenvalue weighted by Crippen LogP contribution is -1.94. The lowest BCUT2D eigenvalue weighted by molar-refractivity contribution is 0.669. The predicted octanol–water partition coefficient (Wildman–Crippen LogP) is 14.4. The number of hydrogen-bond acceptors (Lipinski definition) is 1. The van der Waals surface area contributed by atoms with Crippen LogP contribution in [0.2, 0.25) is 0 Å². The van der Waals surface area contributed by atoms with Gasteiger partial charge in [0.2, 0.25) is 0 Å². The van der Waals surface area contributed by atoms with Crippen molar-refractivity contribution in [3.05, 3.63) is 182 Å². The maximum atomic E-state index is 9.66. The molecule has 0 fully saturated rings. The normalized spacial score (nSPS) is 16.0. The molecule has 0 aliphatic heterocycles. The summed E-state index contributed by atoms with van der Waals surface area (Å²) in [5, 5.41) is 3.26. The molecule has 11 aromatic rings. The van der Waals surface area contributed by atoms with Crippen molar-refractivity contribution in [1.29, 1.82) is 0 Å². The summed E-state index contributed by atoms with van der Waals surface area (Å²) in [5.41, 5.74) is 2.00. The van der Waals surface area contributed by atoms with E-state index in [0.29, 0.717) is 33.2 Å². The second-order valence-electron chi connectivity index (χ2n) is 12.5. The number of furan rings is 1. The van der Waals surface area contributed by atoms with Crippen LogP contribution in [0.25, 0.3) is 109 Å². The van der Waals surface area contributed by atoms with E-state index in [2.05, 4.69) is 0 Å². The first-order chi connectivity index (χ1) is 31.5. The van der Waals surface area contributed by atoms with Gasteiger partial charge in [-0.15, -0.1) is 0 Å². The van der Waals surface area contributed by atoms with E-state index in [1.54, 1.807) is 0 Å². The third-order valence-electron chi connectivity index (χ3n) is 9.76. The van der Waals surface area contributed by atoms with Gasteiger partial charge in [-0.2, -0.15) is 0 Å². The summed E-state index contributed by atoms with van der Waals surface area (Å²) in [6.07, 6.45) is 0. The van der Waals surface area contributed by atoms with Gasteiger partial charge in [0.15, 0.2) is 0 Å². The zero-order chi connectivity index (χ0) is 46.5. The Kier molecular flexibility index (Phi) is 3.70. The van der Waals surface area contributed by atoms with Gasteiger partial charge in [-0.1, -0.05) is 151 Å². The molecule has 51 heavy (non-hydrogen) atoms. The van der Waals surface area contributed by atoms with Crippen molar-refractivity contribution in [1.82, 2.24) is 0 Å². The van der Waals surface area contributed by atoms with Gasteiger partial charge in [0.05, 0.1) is 20.6 Å². The molecule has 0 unspecified atom stereocenters. The van der Waals surface area contributed by atoms with Crippen LogP contribution in [-0.4, -0.2) is 0 Å². The Hall–Kier alpha value is -6.70. The van der Waals surface area contributed by atoms with Gasteiger partial charge in [-0.3, -0.25) is 0 Å². The monoisotopic (exact) mass is 661 g/mol. The first-order valence-electron chi connectivity index (χ1n) is 23.9. The molecule has 0 bridgehead atoms. The molecule has 0 atom stereocenters. The molecule has 0 saturated heterocycles. The smallest absolute Gasteiger partial charge is 0.136 e. The van der Waals surface area contributed by atoms with E-state index < -0.39 is 107 Å². The van der Waals surface area contributed by atoms with Crippen LogP contribution in [0.3, 0.4) is 0 Å². The van der Waals surface area contributed by atoms with Gasteiger partial charge in [0.25, 0.3) is 0 Å². The summed E-state index contributed by atoms with van der Waals surface area (Å²) in [6, 6.07) is 18.4. The highest BCUT2D eigenvalue weighted by molar-refractivity contribution is 6.25. The van der Waals surface area contributed by atoms with Gasteiger partial charge in [0.1, 0.15) is 11.2 Å². The molecular formula is C50H30O. The van der Waals surface area contributed by atoms with Crippen LogP contribution in [-0.2, 0) is 0 Å². The molecule has 0 radical (unpaired) electrons. The molecule has 0 saturated carbocycles. The summed E-state index contributed by atoms with van der Waals surface area (Å²) in [4.78, 5) is 0. The summed E-state index contributed by atoms with van der Waals surface area (Å²) in [6.45, 7) is 0. The zero-order valence-electron chi connectivity index (χ0n) is 41.6. The lowest BCUT2D eigenvalue weighted by Gasteiger charge is -2.21. The predicted molar refractivity (Wildman–Crippen MR) is 218 cm³/mol. The molecule has 11 rings (SSSR count). The van der Waals surface area contributed by atoms with Crippen molar-refractivity contribution in [2.45, 2.75) is 0 Å². The molecule has 0 aliphatic rings. The van der Waals surface area contributed by atoms with Crippen molar-refractivity contribution >= 4 is 75.8 Å². The summed E-state index contributed by atoms with van der Waals surface area (Å²) in [7, 11) is 0. The van der Waals surface area contributed by atoms with Gasteiger partial charge >= 0.3 is 0 Å². The highest BCUT2D eigenvalue weighted by Crippen LogP contribution is 2.48. The Labute approximate surface area is 315 Å². The highest BCUT2D eigenvalue weighted by atomic mass is 16.3. The Bertz CT molecular complexity index is 3970. The third kappa shape index (κ3) is 4.22. The SMILES string of the molecule is [2H]c1c([2H])c([2H])c2c(-c3c4c([2H])c([2H])c([2H])c([2H])c4c(-c4cc5ccccc5cc4-c4ccc5oc6ccc7ccccc7c6c5c4)c4c([2H])c([2H])c([2H])c([2H])c34)c([2H])c([2H])c([2H])c2c1[2H]. The number of rotatable bonds is 3. The molecule has 236 valence electrons. The highest BCUT2D eigenvalue weighted by Gasteiger charge is 2.21. The fourth-order valence-electron chi connectivity index (χ4n) is 7.55. The van der Waals surface area contributed by atoms with Crippen molar-refractivity contribution in [3.8, 4) is 33.4 Å². The van der Waals surface area contributed by atoms with Crippen molar-refractivity contribution in [2.24, 2.45) is 0 Å². The molecule has 1 aromatic heterocycles. The van der Waals surface area contributed by atoms with Gasteiger partial charge in [-0.05, 0) is 118 Å². The van der Waals surface area contributed by atoms with E-state index in [-0.39, 0.29) is 32.7 Å². The van der Waals surface area contributed by atoms with Crippen LogP contribution in [0.5, 0.6) is 0 Å². The van der Waals surface area contributed by atoms with Crippen LogP contribution in [0, 0.1) is 0 Å². The summed E-state index contributed by atoms with van der Waals surface area (Å²) >= 11 is 0. The largest absolute Gasteiger partial charge is 0.456 e. The van der Waals surface area contributed by atoms with Gasteiger partial charge < -0.3 is 4.42 Å². The zero-order valence-corrected chi connectivity index (χ0v) is 26.6. The number of hydrogen-bond donors (Lipinski definition) is 0. The Morgan fingerprint density at radius 2 is 0.922 bits per heavy atom. The number of benzene rings is 10. The van der Waals surface area contributed by atoms with E-state index in [4.69, 9.17) is 18.1 Å². The maximum Gasteiger partial charge on any atom is 0.136 e. The molecule has 1 heterocycles. The first kappa shape index (κ1) is 17.3. The van der Waals surface area contributed by atoms with Crippen molar-refractivity contribution in [3.63, 3.8) is 0 Å². The fourth-order valence-corrected chi connectivity index (χ4v) is 7.55. The van der Waals surface area contributed by atoms with Gasteiger partial charge in [-0.25, -0.2) is 0 Å². The fraction of sp³-hybridized carbons (Fsp3) is 0. The van der Waals surface area contributed by atoms with E-state index in [0.717, 1.165) is 26.9 Å².